The summed E-state index contributed by atoms with van der Waals surface area (Å²) in [4.78, 5) is 29.1. The van der Waals surface area contributed by atoms with Gasteiger partial charge >= 0.3 is 12.2 Å². The summed E-state index contributed by atoms with van der Waals surface area (Å²) in [6.07, 6.45) is -2.40. The van der Waals surface area contributed by atoms with Crippen LogP contribution < -0.4 is 15.4 Å². The first-order valence-electron chi connectivity index (χ1n) is 8.76. The van der Waals surface area contributed by atoms with Crippen molar-refractivity contribution in [1.29, 1.82) is 0 Å². The molecule has 4 rings (SSSR count). The molecule has 1 fully saturated rings. The molecule has 0 spiro atoms. The lowest BCUT2D eigenvalue weighted by Gasteiger charge is -2.17. The van der Waals surface area contributed by atoms with E-state index in [1.54, 1.807) is 12.1 Å². The molecule has 156 valence electrons. The Balaban J connectivity index is 1.58. The molecule has 11 heteroatoms. The van der Waals surface area contributed by atoms with E-state index in [-0.39, 0.29) is 29.9 Å². The molecular formula is C19H15F3N4O4. The predicted molar refractivity (Wildman–Crippen MR) is 99.1 cm³/mol. The number of hydrogen-bond acceptors (Lipinski definition) is 5. The number of nitrogens with zero attached hydrogens (tertiary/aromatic N) is 2. The normalized spacial score (nSPS) is 16.6. The standard InChI is InChI=1S/C19H15F3N4O4/c1-26-14(9-24-18(26)28)17(27)25-13-7-12(6-10-4-5-29-16(10)13)30-15-3-2-11(8-23-15)19(20,21)22/h2-8,14H,9H2,1H3,(H,24,28)(H,25,27)/t14-/m0/s1. The van der Waals surface area contributed by atoms with Crippen LogP contribution in [0.3, 0.4) is 0 Å². The van der Waals surface area contributed by atoms with Crippen molar-refractivity contribution in [1.82, 2.24) is 15.2 Å². The van der Waals surface area contributed by atoms with Gasteiger partial charge in [-0.2, -0.15) is 13.2 Å². The second kappa shape index (κ2) is 7.25. The fourth-order valence-corrected chi connectivity index (χ4v) is 3.01. The largest absolute Gasteiger partial charge is 0.462 e. The van der Waals surface area contributed by atoms with Crippen LogP contribution in [0.4, 0.5) is 23.7 Å². The fraction of sp³-hybridized carbons (Fsp3) is 0.211. The molecule has 2 aromatic heterocycles. The average Bonchev–Trinajstić information content (AvgIpc) is 3.28. The minimum Gasteiger partial charge on any atom is -0.462 e. The summed E-state index contributed by atoms with van der Waals surface area (Å²) in [5.41, 5.74) is -0.217. The summed E-state index contributed by atoms with van der Waals surface area (Å²) in [7, 11) is 1.50. The number of furan rings is 1. The summed E-state index contributed by atoms with van der Waals surface area (Å²) in [6, 6.07) is 5.61. The number of nitrogens with one attached hydrogen (secondary N) is 2. The van der Waals surface area contributed by atoms with E-state index >= 15 is 0 Å². The van der Waals surface area contributed by atoms with E-state index in [9.17, 15) is 22.8 Å². The molecule has 0 aliphatic carbocycles. The molecule has 3 heterocycles. The zero-order chi connectivity index (χ0) is 21.5. The number of aromatic nitrogens is 1. The van der Waals surface area contributed by atoms with E-state index in [4.69, 9.17) is 9.15 Å². The Labute approximate surface area is 167 Å². The smallest absolute Gasteiger partial charge is 0.417 e. The van der Waals surface area contributed by atoms with Crippen LogP contribution in [0.15, 0.2) is 47.2 Å². The molecule has 0 radical (unpaired) electrons. The van der Waals surface area contributed by atoms with Crippen LogP contribution in [0.25, 0.3) is 11.0 Å². The summed E-state index contributed by atoms with van der Waals surface area (Å²) in [5, 5.41) is 5.87. The number of urea groups is 1. The molecule has 8 nitrogen and oxygen atoms in total. The second-order valence-electron chi connectivity index (χ2n) is 6.60. The summed E-state index contributed by atoms with van der Waals surface area (Å²) in [5.74, 6) is -0.243. The van der Waals surface area contributed by atoms with Gasteiger partial charge in [-0.15, -0.1) is 0 Å². The lowest BCUT2D eigenvalue weighted by Crippen LogP contribution is -2.40. The number of rotatable bonds is 4. The van der Waals surface area contributed by atoms with Crippen LogP contribution in [0.2, 0.25) is 0 Å². The summed E-state index contributed by atoms with van der Waals surface area (Å²) in [6.45, 7) is 0.161. The van der Waals surface area contributed by atoms with Gasteiger partial charge in [0.15, 0.2) is 5.58 Å². The molecule has 3 amide bonds. The number of amides is 3. The van der Waals surface area contributed by atoms with E-state index in [0.717, 1.165) is 12.1 Å². The van der Waals surface area contributed by atoms with Crippen molar-refractivity contribution in [3.8, 4) is 11.6 Å². The number of hydrogen-bond donors (Lipinski definition) is 2. The second-order valence-corrected chi connectivity index (χ2v) is 6.60. The van der Waals surface area contributed by atoms with Gasteiger partial charge in [0.25, 0.3) is 0 Å². The van der Waals surface area contributed by atoms with Crippen LogP contribution in [-0.4, -0.2) is 41.5 Å². The molecule has 3 aromatic rings. The SMILES string of the molecule is CN1C(=O)NC[C@H]1C(=O)Nc1cc(Oc2ccc(C(F)(F)F)cn2)cc2ccoc12. The Morgan fingerprint density at radius 2 is 2.13 bits per heavy atom. The third-order valence-electron chi connectivity index (χ3n) is 4.61. The van der Waals surface area contributed by atoms with Crippen LogP contribution in [0, 0.1) is 0 Å². The number of ether oxygens (including phenoxy) is 1. The fourth-order valence-electron chi connectivity index (χ4n) is 3.01. The third-order valence-corrected chi connectivity index (χ3v) is 4.61. The quantitative estimate of drug-likeness (QED) is 0.672. The van der Waals surface area contributed by atoms with Gasteiger partial charge in [-0.25, -0.2) is 9.78 Å². The first kappa shape index (κ1) is 19.6. The van der Waals surface area contributed by atoms with Gasteiger partial charge in [-0.1, -0.05) is 0 Å². The van der Waals surface area contributed by atoms with Gasteiger partial charge in [0.2, 0.25) is 11.8 Å². The van der Waals surface area contributed by atoms with Crippen molar-refractivity contribution >= 4 is 28.6 Å². The van der Waals surface area contributed by atoms with Crippen LogP contribution in [-0.2, 0) is 11.0 Å². The number of carbonyl (C=O) groups excluding carboxylic acids is 2. The molecule has 0 unspecified atom stereocenters. The molecule has 0 bridgehead atoms. The monoisotopic (exact) mass is 420 g/mol. The van der Waals surface area contributed by atoms with Crippen LogP contribution in [0.1, 0.15) is 5.56 Å². The molecule has 1 atom stereocenters. The lowest BCUT2D eigenvalue weighted by molar-refractivity contribution is -0.137. The highest BCUT2D eigenvalue weighted by molar-refractivity contribution is 6.04. The minimum absolute atomic E-state index is 0.0477. The number of halogens is 3. The van der Waals surface area contributed by atoms with Gasteiger partial charge in [-0.3, -0.25) is 4.79 Å². The number of fused-ring (bicyclic) bond motifs is 1. The van der Waals surface area contributed by atoms with Crippen LogP contribution in [0.5, 0.6) is 11.6 Å². The lowest BCUT2D eigenvalue weighted by atomic mass is 10.2. The van der Waals surface area contributed by atoms with Crippen molar-refractivity contribution in [2.45, 2.75) is 12.2 Å². The topological polar surface area (TPSA) is 96.7 Å². The van der Waals surface area contributed by atoms with Gasteiger partial charge in [0.05, 0.1) is 17.5 Å². The maximum absolute atomic E-state index is 12.7. The van der Waals surface area contributed by atoms with Crippen LogP contribution >= 0.6 is 0 Å². The highest BCUT2D eigenvalue weighted by Crippen LogP contribution is 2.34. The molecule has 30 heavy (non-hydrogen) atoms. The zero-order valence-electron chi connectivity index (χ0n) is 15.5. The van der Waals surface area contributed by atoms with E-state index in [1.807, 2.05) is 0 Å². The summed E-state index contributed by atoms with van der Waals surface area (Å²) >= 11 is 0. The maximum atomic E-state index is 12.7. The van der Waals surface area contributed by atoms with E-state index in [2.05, 4.69) is 15.6 Å². The number of carbonyl (C=O) groups is 2. The van der Waals surface area contributed by atoms with Crippen molar-refractivity contribution in [3.63, 3.8) is 0 Å². The molecule has 1 aliphatic rings. The summed E-state index contributed by atoms with van der Waals surface area (Å²) < 4.78 is 49.0. The Morgan fingerprint density at radius 1 is 1.33 bits per heavy atom. The number of benzene rings is 1. The van der Waals surface area contributed by atoms with Crippen molar-refractivity contribution in [3.05, 3.63) is 48.4 Å². The van der Waals surface area contributed by atoms with Crippen molar-refractivity contribution < 1.29 is 31.9 Å². The Morgan fingerprint density at radius 3 is 2.77 bits per heavy atom. The average molecular weight is 420 g/mol. The molecule has 0 saturated carbocycles. The van der Waals surface area contributed by atoms with E-state index < -0.39 is 23.7 Å². The van der Waals surface area contributed by atoms with Crippen molar-refractivity contribution in [2.24, 2.45) is 0 Å². The Bertz CT molecular complexity index is 1110. The van der Waals surface area contributed by atoms with Crippen molar-refractivity contribution in [2.75, 3.05) is 18.9 Å². The number of alkyl halides is 3. The first-order chi connectivity index (χ1) is 14.2. The third kappa shape index (κ3) is 3.73. The molecule has 1 aromatic carbocycles. The highest BCUT2D eigenvalue weighted by atomic mass is 19.4. The number of anilines is 1. The van der Waals surface area contributed by atoms with Gasteiger partial charge < -0.3 is 24.7 Å². The Hall–Kier alpha value is -3.76. The molecular weight excluding hydrogens is 405 g/mol. The number of pyridine rings is 1. The highest BCUT2D eigenvalue weighted by Gasteiger charge is 2.33. The number of likely N-dealkylation sites (N-methyl/N-ethyl adjacent to an activating group) is 1. The minimum atomic E-state index is -4.50. The zero-order valence-corrected chi connectivity index (χ0v) is 15.5. The first-order valence-corrected chi connectivity index (χ1v) is 8.76. The maximum Gasteiger partial charge on any atom is 0.417 e. The van der Waals surface area contributed by atoms with E-state index in [0.29, 0.717) is 17.2 Å². The van der Waals surface area contributed by atoms with Gasteiger partial charge in [-0.05, 0) is 18.2 Å². The van der Waals surface area contributed by atoms with E-state index in [1.165, 1.54) is 24.3 Å². The Kier molecular flexibility index (Phi) is 4.72. The predicted octanol–water partition coefficient (Wildman–Crippen LogP) is 3.60. The molecule has 2 N–H and O–H groups in total. The van der Waals surface area contributed by atoms with Gasteiger partial charge in [0.1, 0.15) is 11.8 Å². The molecule has 1 aliphatic heterocycles. The van der Waals surface area contributed by atoms with Gasteiger partial charge in [0, 0.05) is 37.3 Å². The molecule has 1 saturated heterocycles.